The minimum Gasteiger partial charge on any atom is -0.312 e. The Kier molecular flexibility index (Phi) is 4.76. The van der Waals surface area contributed by atoms with Gasteiger partial charge in [0.15, 0.2) is 0 Å². The normalized spacial score (nSPS) is 14.3. The van der Waals surface area contributed by atoms with E-state index in [-0.39, 0.29) is 11.5 Å². The predicted molar refractivity (Wildman–Crippen MR) is 95.4 cm³/mol. The maximum Gasteiger partial charge on any atom is 0.237 e. The Labute approximate surface area is 146 Å². The molecule has 2 aromatic rings. The summed E-state index contributed by atoms with van der Waals surface area (Å²) in [6.45, 7) is 2.47. The number of benzene rings is 2. The van der Waals surface area contributed by atoms with E-state index in [1.807, 2.05) is 6.92 Å². The summed E-state index contributed by atoms with van der Waals surface area (Å²) in [6, 6.07) is 10.9. The Morgan fingerprint density at radius 2 is 1.92 bits per heavy atom. The van der Waals surface area contributed by atoms with Crippen molar-refractivity contribution in [1.82, 2.24) is 0 Å². The molecule has 0 fully saturated rings. The second-order valence-corrected chi connectivity index (χ2v) is 7.66. The molecule has 1 amide bonds. The molecule has 0 aromatic heterocycles. The number of carbonyl (C=O) groups excluding carboxylic acids is 1. The molecular weight excluding hydrogens is 343 g/mol. The number of halogens is 1. The molecule has 0 saturated carbocycles. The number of fused-ring (bicyclic) bond motifs is 1. The van der Waals surface area contributed by atoms with Crippen LogP contribution in [-0.2, 0) is 27.0 Å². The largest absolute Gasteiger partial charge is 0.312 e. The second kappa shape index (κ2) is 6.84. The van der Waals surface area contributed by atoms with Crippen molar-refractivity contribution in [3.63, 3.8) is 0 Å². The monoisotopic (exact) mass is 362 g/mol. The zero-order valence-corrected chi connectivity index (χ0v) is 14.6. The minimum absolute atomic E-state index is 0.0721. The first-order valence-corrected chi connectivity index (χ1v) is 9.72. The topological polar surface area (TPSA) is 66.5 Å². The average molecular weight is 362 g/mol. The standard InChI is InChI=1S/C18H19FN2O3S/c1-2-21-17-9-8-15(11-13(17)7-10-18(21)22)20-25(23,24)12-14-5-3-4-6-16(14)19/h3-6,8-9,11,20H,2,7,10,12H2,1H3. The van der Waals surface area contributed by atoms with Gasteiger partial charge < -0.3 is 4.90 Å². The van der Waals surface area contributed by atoms with Gasteiger partial charge in [-0.1, -0.05) is 18.2 Å². The number of rotatable bonds is 5. The number of nitrogens with one attached hydrogen (secondary N) is 1. The number of sulfonamides is 1. The average Bonchev–Trinajstić information content (AvgIpc) is 2.56. The Bertz CT molecular complexity index is 912. The van der Waals surface area contributed by atoms with Gasteiger partial charge in [0, 0.05) is 29.9 Å². The zero-order chi connectivity index (χ0) is 18.0. The fourth-order valence-corrected chi connectivity index (χ4v) is 4.21. The Hall–Kier alpha value is -2.41. The predicted octanol–water partition coefficient (Wildman–Crippen LogP) is 3.07. The highest BCUT2D eigenvalue weighted by Gasteiger charge is 2.23. The van der Waals surface area contributed by atoms with Crippen molar-refractivity contribution < 1.29 is 17.6 Å². The summed E-state index contributed by atoms with van der Waals surface area (Å²) < 4.78 is 40.8. The van der Waals surface area contributed by atoms with Crippen molar-refractivity contribution >= 4 is 27.3 Å². The number of nitrogens with zero attached hydrogens (tertiary/aromatic N) is 1. The molecule has 7 heteroatoms. The van der Waals surface area contributed by atoms with Gasteiger partial charge in [-0.15, -0.1) is 0 Å². The van der Waals surface area contributed by atoms with E-state index in [4.69, 9.17) is 0 Å². The molecule has 0 radical (unpaired) electrons. The first-order valence-electron chi connectivity index (χ1n) is 8.07. The lowest BCUT2D eigenvalue weighted by atomic mass is 10.0. The Morgan fingerprint density at radius 1 is 1.16 bits per heavy atom. The molecule has 0 unspecified atom stereocenters. The lowest BCUT2D eigenvalue weighted by molar-refractivity contribution is -0.118. The highest BCUT2D eigenvalue weighted by molar-refractivity contribution is 7.91. The van der Waals surface area contributed by atoms with Gasteiger partial charge in [-0.05, 0) is 43.2 Å². The molecule has 0 saturated heterocycles. The van der Waals surface area contributed by atoms with Crippen molar-refractivity contribution in [2.24, 2.45) is 0 Å². The van der Waals surface area contributed by atoms with Gasteiger partial charge in [0.25, 0.3) is 0 Å². The summed E-state index contributed by atoms with van der Waals surface area (Å²) in [5.41, 5.74) is 2.28. The molecule has 3 rings (SSSR count). The van der Waals surface area contributed by atoms with Crippen molar-refractivity contribution in [2.45, 2.75) is 25.5 Å². The van der Waals surface area contributed by atoms with E-state index in [1.54, 1.807) is 29.2 Å². The quantitative estimate of drug-likeness (QED) is 0.889. The third-order valence-corrected chi connectivity index (χ3v) is 5.41. The van der Waals surface area contributed by atoms with Gasteiger partial charge >= 0.3 is 0 Å². The SMILES string of the molecule is CCN1C(=O)CCc2cc(NS(=O)(=O)Cc3ccccc3F)ccc21. The minimum atomic E-state index is -3.74. The molecule has 5 nitrogen and oxygen atoms in total. The van der Waals surface area contributed by atoms with Gasteiger partial charge in [0.05, 0.1) is 5.75 Å². The van der Waals surface area contributed by atoms with Gasteiger partial charge in [0.2, 0.25) is 15.9 Å². The number of aryl methyl sites for hydroxylation is 1. The summed E-state index contributed by atoms with van der Waals surface area (Å²) in [6.07, 6.45) is 0.986. The molecule has 25 heavy (non-hydrogen) atoms. The third-order valence-electron chi connectivity index (χ3n) is 4.17. The fraction of sp³-hybridized carbons (Fsp3) is 0.278. The second-order valence-electron chi connectivity index (χ2n) is 5.93. The molecule has 1 N–H and O–H groups in total. The van der Waals surface area contributed by atoms with E-state index in [1.165, 1.54) is 18.2 Å². The maximum atomic E-state index is 13.7. The van der Waals surface area contributed by atoms with E-state index >= 15 is 0 Å². The van der Waals surface area contributed by atoms with Crippen molar-refractivity contribution in [3.8, 4) is 0 Å². The van der Waals surface area contributed by atoms with Crippen LogP contribution in [0.3, 0.4) is 0 Å². The van der Waals surface area contributed by atoms with Crippen LogP contribution in [0.15, 0.2) is 42.5 Å². The smallest absolute Gasteiger partial charge is 0.237 e. The van der Waals surface area contributed by atoms with Crippen molar-refractivity contribution in [1.29, 1.82) is 0 Å². The van der Waals surface area contributed by atoms with Crippen molar-refractivity contribution in [3.05, 3.63) is 59.4 Å². The van der Waals surface area contributed by atoms with E-state index in [0.29, 0.717) is 25.1 Å². The molecule has 0 atom stereocenters. The van der Waals surface area contributed by atoms with Crippen LogP contribution in [-0.4, -0.2) is 20.9 Å². The van der Waals surface area contributed by atoms with E-state index in [9.17, 15) is 17.6 Å². The van der Waals surface area contributed by atoms with Crippen LogP contribution in [0.5, 0.6) is 0 Å². The molecule has 0 bridgehead atoms. The van der Waals surface area contributed by atoms with Crippen LogP contribution in [0.25, 0.3) is 0 Å². The lowest BCUT2D eigenvalue weighted by Gasteiger charge is -2.28. The van der Waals surface area contributed by atoms with Gasteiger partial charge in [-0.25, -0.2) is 12.8 Å². The van der Waals surface area contributed by atoms with Crippen molar-refractivity contribution in [2.75, 3.05) is 16.2 Å². The molecule has 0 spiro atoms. The Balaban J connectivity index is 1.81. The van der Waals surface area contributed by atoms with Crippen LogP contribution >= 0.6 is 0 Å². The lowest BCUT2D eigenvalue weighted by Crippen LogP contribution is -2.34. The molecule has 1 heterocycles. The van der Waals surface area contributed by atoms with E-state index in [0.717, 1.165) is 11.3 Å². The number of anilines is 2. The molecule has 1 aliphatic heterocycles. The number of carbonyl (C=O) groups is 1. The third kappa shape index (κ3) is 3.82. The number of hydrogen-bond acceptors (Lipinski definition) is 3. The first kappa shape index (κ1) is 17.4. The first-order chi connectivity index (χ1) is 11.9. The van der Waals surface area contributed by atoms with Crippen LogP contribution in [0.4, 0.5) is 15.8 Å². The van der Waals surface area contributed by atoms with Gasteiger partial charge in [-0.2, -0.15) is 0 Å². The van der Waals surface area contributed by atoms with Crippen LogP contribution in [0.1, 0.15) is 24.5 Å². The highest BCUT2D eigenvalue weighted by Crippen LogP contribution is 2.30. The summed E-state index contributed by atoms with van der Waals surface area (Å²) in [5.74, 6) is -0.908. The van der Waals surface area contributed by atoms with Crippen LogP contribution in [0, 0.1) is 5.82 Å². The maximum absolute atomic E-state index is 13.7. The van der Waals surface area contributed by atoms with Gasteiger partial charge in [0.1, 0.15) is 5.82 Å². The number of hydrogen-bond donors (Lipinski definition) is 1. The number of amides is 1. The zero-order valence-electron chi connectivity index (χ0n) is 13.8. The molecule has 132 valence electrons. The molecular formula is C18H19FN2O3S. The highest BCUT2D eigenvalue weighted by atomic mass is 32.2. The molecule has 1 aliphatic rings. The van der Waals surface area contributed by atoms with Crippen LogP contribution < -0.4 is 9.62 Å². The molecule has 0 aliphatic carbocycles. The van der Waals surface area contributed by atoms with E-state index < -0.39 is 21.6 Å². The fourth-order valence-electron chi connectivity index (χ4n) is 3.01. The van der Waals surface area contributed by atoms with E-state index in [2.05, 4.69) is 4.72 Å². The summed E-state index contributed by atoms with van der Waals surface area (Å²) in [7, 11) is -3.74. The Morgan fingerprint density at radius 3 is 2.64 bits per heavy atom. The van der Waals surface area contributed by atoms with Gasteiger partial charge in [-0.3, -0.25) is 9.52 Å². The molecule has 2 aromatic carbocycles. The summed E-state index contributed by atoms with van der Waals surface area (Å²) >= 11 is 0. The van der Waals surface area contributed by atoms with Crippen LogP contribution in [0.2, 0.25) is 0 Å². The summed E-state index contributed by atoms with van der Waals surface area (Å²) in [4.78, 5) is 13.6. The summed E-state index contributed by atoms with van der Waals surface area (Å²) in [5, 5.41) is 0.